The molecule has 0 aliphatic carbocycles. The molecule has 1 aliphatic rings. The summed E-state index contributed by atoms with van der Waals surface area (Å²) in [4.78, 5) is 12.7. The minimum Gasteiger partial charge on any atom is -0.352 e. The van der Waals surface area contributed by atoms with Crippen molar-refractivity contribution in [1.29, 1.82) is 0 Å². The number of hydrogen-bond acceptors (Lipinski definition) is 3. The summed E-state index contributed by atoms with van der Waals surface area (Å²) < 4.78 is 27.2. The van der Waals surface area contributed by atoms with E-state index in [0.29, 0.717) is 30.1 Å². The molecule has 0 aromatic heterocycles. The third-order valence-electron chi connectivity index (χ3n) is 5.83. The topological polar surface area (TPSA) is 66.5 Å². The van der Waals surface area contributed by atoms with Crippen molar-refractivity contribution < 1.29 is 13.2 Å². The molecule has 1 aliphatic heterocycles. The van der Waals surface area contributed by atoms with E-state index in [4.69, 9.17) is 0 Å². The Morgan fingerprint density at radius 1 is 0.781 bits per heavy atom. The molecule has 32 heavy (non-hydrogen) atoms. The van der Waals surface area contributed by atoms with Gasteiger partial charge in [-0.2, -0.15) is 4.31 Å². The van der Waals surface area contributed by atoms with Crippen molar-refractivity contribution in [3.63, 3.8) is 0 Å². The van der Waals surface area contributed by atoms with Crippen LogP contribution in [0.1, 0.15) is 35.2 Å². The molecular weight excluding hydrogens is 420 g/mol. The predicted molar refractivity (Wildman–Crippen MR) is 127 cm³/mol. The van der Waals surface area contributed by atoms with Gasteiger partial charge in [-0.15, -0.1) is 0 Å². The summed E-state index contributed by atoms with van der Waals surface area (Å²) in [6.45, 7) is 1.77. The molecule has 3 aromatic carbocycles. The summed E-state index contributed by atoms with van der Waals surface area (Å²) in [5, 5.41) is 2.95. The molecule has 0 atom stereocenters. The lowest BCUT2D eigenvalue weighted by atomic mass is 10.0. The van der Waals surface area contributed by atoms with E-state index in [1.165, 1.54) is 5.56 Å². The van der Waals surface area contributed by atoms with Gasteiger partial charge in [0.25, 0.3) is 5.91 Å². The number of rotatable bonds is 7. The van der Waals surface area contributed by atoms with Crippen LogP contribution in [0.25, 0.3) is 11.1 Å². The molecule has 4 rings (SSSR count). The van der Waals surface area contributed by atoms with Crippen LogP contribution < -0.4 is 5.32 Å². The van der Waals surface area contributed by atoms with E-state index < -0.39 is 10.0 Å². The Labute approximate surface area is 190 Å². The normalized spacial score (nSPS) is 14.8. The molecule has 1 saturated heterocycles. The summed E-state index contributed by atoms with van der Waals surface area (Å²) in [6.07, 6.45) is 3.72. The summed E-state index contributed by atoms with van der Waals surface area (Å²) >= 11 is 0. The highest BCUT2D eigenvalue weighted by Gasteiger charge is 2.25. The van der Waals surface area contributed by atoms with E-state index in [0.717, 1.165) is 36.8 Å². The second-order valence-electron chi connectivity index (χ2n) is 8.06. The third kappa shape index (κ3) is 5.26. The first kappa shape index (κ1) is 22.2. The van der Waals surface area contributed by atoms with Crippen LogP contribution in [0.4, 0.5) is 0 Å². The van der Waals surface area contributed by atoms with Gasteiger partial charge < -0.3 is 5.32 Å². The Morgan fingerprint density at radius 3 is 2.00 bits per heavy atom. The van der Waals surface area contributed by atoms with Gasteiger partial charge in [0, 0.05) is 25.2 Å². The third-order valence-corrected chi connectivity index (χ3v) is 7.74. The Balaban J connectivity index is 1.37. The molecule has 0 radical (unpaired) electrons. The number of amides is 1. The maximum Gasteiger partial charge on any atom is 0.251 e. The minimum atomic E-state index is -3.43. The highest BCUT2D eigenvalue weighted by molar-refractivity contribution is 7.89. The van der Waals surface area contributed by atoms with E-state index >= 15 is 0 Å². The van der Waals surface area contributed by atoms with Crippen molar-refractivity contribution in [1.82, 2.24) is 9.62 Å². The monoisotopic (exact) mass is 448 g/mol. The largest absolute Gasteiger partial charge is 0.352 e. The fraction of sp³-hybridized carbons (Fsp3) is 0.269. The van der Waals surface area contributed by atoms with Gasteiger partial charge in [-0.25, -0.2) is 8.42 Å². The Hall–Kier alpha value is -2.96. The van der Waals surface area contributed by atoms with E-state index in [1.54, 1.807) is 28.6 Å². The number of sulfonamides is 1. The highest BCUT2D eigenvalue weighted by Crippen LogP contribution is 2.25. The molecular formula is C26H28N2O3S. The molecule has 3 aromatic rings. The van der Waals surface area contributed by atoms with Crippen LogP contribution in [0.2, 0.25) is 0 Å². The maximum atomic E-state index is 12.8. The van der Waals surface area contributed by atoms with Gasteiger partial charge in [0.05, 0.1) is 4.90 Å². The van der Waals surface area contributed by atoms with Gasteiger partial charge >= 0.3 is 0 Å². The van der Waals surface area contributed by atoms with Gasteiger partial charge in [-0.05, 0) is 60.2 Å². The van der Waals surface area contributed by atoms with Crippen LogP contribution in [0, 0.1) is 0 Å². The van der Waals surface area contributed by atoms with Gasteiger partial charge in [0.1, 0.15) is 0 Å². The number of nitrogens with zero attached hydrogens (tertiary/aromatic N) is 1. The molecule has 166 valence electrons. The molecule has 0 spiro atoms. The molecule has 0 bridgehead atoms. The van der Waals surface area contributed by atoms with Gasteiger partial charge in [-0.1, -0.05) is 61.0 Å². The average molecular weight is 449 g/mol. The first-order valence-electron chi connectivity index (χ1n) is 11.1. The van der Waals surface area contributed by atoms with Crippen LogP contribution in [0.3, 0.4) is 0 Å². The fourth-order valence-corrected chi connectivity index (χ4v) is 5.47. The van der Waals surface area contributed by atoms with E-state index in [9.17, 15) is 13.2 Å². The summed E-state index contributed by atoms with van der Waals surface area (Å²) in [5.74, 6) is -0.101. The van der Waals surface area contributed by atoms with Crippen molar-refractivity contribution in [3.05, 3.63) is 90.0 Å². The first-order chi connectivity index (χ1) is 15.5. The van der Waals surface area contributed by atoms with Gasteiger partial charge in [0.2, 0.25) is 10.0 Å². The van der Waals surface area contributed by atoms with Crippen molar-refractivity contribution >= 4 is 15.9 Å². The molecule has 1 N–H and O–H groups in total. The molecule has 1 amide bonds. The van der Waals surface area contributed by atoms with Crippen LogP contribution in [0.5, 0.6) is 0 Å². The van der Waals surface area contributed by atoms with Crippen molar-refractivity contribution in [2.75, 3.05) is 19.6 Å². The quantitative estimate of drug-likeness (QED) is 0.579. The zero-order valence-corrected chi connectivity index (χ0v) is 18.9. The second kappa shape index (κ2) is 10.1. The zero-order chi connectivity index (χ0) is 22.4. The number of benzene rings is 3. The molecule has 1 fully saturated rings. The molecule has 0 unspecified atom stereocenters. The van der Waals surface area contributed by atoms with E-state index in [1.807, 2.05) is 54.6 Å². The summed E-state index contributed by atoms with van der Waals surface area (Å²) in [5.41, 5.74) is 3.64. The van der Waals surface area contributed by atoms with E-state index in [2.05, 4.69) is 5.32 Å². The standard InChI is InChI=1S/C26H28N2O3S/c29-26(27-18-17-21-7-3-1-4-8-21)24-11-9-22(10-12-24)23-13-15-25(16-14-23)32(30,31)28-19-5-2-6-20-28/h1,3-4,7-16H,2,5-6,17-20H2,(H,27,29). The minimum absolute atomic E-state index is 0.101. The fourth-order valence-electron chi connectivity index (χ4n) is 3.95. The van der Waals surface area contributed by atoms with Gasteiger partial charge in [0.15, 0.2) is 0 Å². The van der Waals surface area contributed by atoms with Crippen molar-refractivity contribution in [3.8, 4) is 11.1 Å². The van der Waals surface area contributed by atoms with Gasteiger partial charge in [-0.3, -0.25) is 4.79 Å². The van der Waals surface area contributed by atoms with Crippen LogP contribution >= 0.6 is 0 Å². The lowest BCUT2D eigenvalue weighted by Gasteiger charge is -2.25. The highest BCUT2D eigenvalue weighted by atomic mass is 32.2. The molecule has 0 saturated carbocycles. The van der Waals surface area contributed by atoms with Crippen LogP contribution in [0.15, 0.2) is 83.8 Å². The Kier molecular flexibility index (Phi) is 7.02. The number of piperidine rings is 1. The van der Waals surface area contributed by atoms with Crippen LogP contribution in [-0.4, -0.2) is 38.3 Å². The number of nitrogens with one attached hydrogen (secondary N) is 1. The first-order valence-corrected chi connectivity index (χ1v) is 12.5. The molecule has 5 nitrogen and oxygen atoms in total. The Bertz CT molecular complexity index is 1140. The zero-order valence-electron chi connectivity index (χ0n) is 18.0. The van der Waals surface area contributed by atoms with Crippen molar-refractivity contribution in [2.24, 2.45) is 0 Å². The Morgan fingerprint density at radius 2 is 1.38 bits per heavy atom. The number of carbonyl (C=O) groups is 1. The smallest absolute Gasteiger partial charge is 0.251 e. The number of carbonyl (C=O) groups excluding carboxylic acids is 1. The lowest BCUT2D eigenvalue weighted by Crippen LogP contribution is -2.35. The SMILES string of the molecule is O=C(NCCc1ccccc1)c1ccc(-c2ccc(S(=O)(=O)N3CCCCC3)cc2)cc1. The molecule has 1 heterocycles. The summed E-state index contributed by atoms with van der Waals surface area (Å²) in [7, 11) is -3.43. The second-order valence-corrected chi connectivity index (χ2v) is 10.00. The number of hydrogen-bond donors (Lipinski definition) is 1. The van der Waals surface area contributed by atoms with Crippen LogP contribution in [-0.2, 0) is 16.4 Å². The average Bonchev–Trinajstić information content (AvgIpc) is 2.85. The lowest BCUT2D eigenvalue weighted by molar-refractivity contribution is 0.0954. The molecule has 6 heteroatoms. The summed E-state index contributed by atoms with van der Waals surface area (Å²) in [6, 6.07) is 24.4. The van der Waals surface area contributed by atoms with Crippen molar-refractivity contribution in [2.45, 2.75) is 30.6 Å². The van der Waals surface area contributed by atoms with E-state index in [-0.39, 0.29) is 5.91 Å². The predicted octanol–water partition coefficient (Wildman–Crippen LogP) is 4.50. The maximum absolute atomic E-state index is 12.8.